The van der Waals surface area contributed by atoms with Gasteiger partial charge in [-0.05, 0) is 24.5 Å². The van der Waals surface area contributed by atoms with Crippen molar-refractivity contribution in [3.63, 3.8) is 0 Å². The number of hydrogen-bond donors (Lipinski definition) is 1. The third-order valence-corrected chi connectivity index (χ3v) is 3.23. The SMILES string of the molecule is NC1CCCCCC1OCc1cncc(F)c1. The van der Waals surface area contributed by atoms with Crippen LogP contribution in [0.5, 0.6) is 0 Å². The van der Waals surface area contributed by atoms with Gasteiger partial charge in [-0.1, -0.05) is 19.3 Å². The first kappa shape index (κ1) is 12.5. The molecule has 2 atom stereocenters. The van der Waals surface area contributed by atoms with E-state index in [1.165, 1.54) is 31.5 Å². The number of nitrogens with two attached hydrogens (primary N) is 1. The molecule has 2 rings (SSSR count). The number of pyridine rings is 1. The lowest BCUT2D eigenvalue weighted by molar-refractivity contribution is 0.0192. The molecule has 0 saturated heterocycles. The minimum atomic E-state index is -0.323. The topological polar surface area (TPSA) is 48.1 Å². The van der Waals surface area contributed by atoms with E-state index in [0.29, 0.717) is 6.61 Å². The fourth-order valence-corrected chi connectivity index (χ4v) is 2.25. The van der Waals surface area contributed by atoms with E-state index in [4.69, 9.17) is 10.5 Å². The molecular weight excluding hydrogens is 219 g/mol. The molecule has 0 bridgehead atoms. The molecule has 1 heterocycles. The van der Waals surface area contributed by atoms with Crippen molar-refractivity contribution in [1.82, 2.24) is 4.98 Å². The predicted molar refractivity (Wildman–Crippen MR) is 63.8 cm³/mol. The van der Waals surface area contributed by atoms with E-state index >= 15 is 0 Å². The van der Waals surface area contributed by atoms with E-state index in [0.717, 1.165) is 18.4 Å². The second kappa shape index (κ2) is 6.07. The molecule has 1 aromatic rings. The van der Waals surface area contributed by atoms with Crippen molar-refractivity contribution < 1.29 is 9.13 Å². The molecular formula is C13H19FN2O. The Morgan fingerprint density at radius 1 is 1.29 bits per heavy atom. The number of nitrogens with zero attached hydrogens (tertiary/aromatic N) is 1. The molecule has 1 aliphatic carbocycles. The fourth-order valence-electron chi connectivity index (χ4n) is 2.25. The Labute approximate surface area is 101 Å². The summed E-state index contributed by atoms with van der Waals surface area (Å²) in [6.45, 7) is 0.392. The van der Waals surface area contributed by atoms with Gasteiger partial charge in [0, 0.05) is 12.2 Å². The van der Waals surface area contributed by atoms with Crippen LogP contribution in [0.2, 0.25) is 0 Å². The van der Waals surface area contributed by atoms with Gasteiger partial charge in [0.2, 0.25) is 0 Å². The minimum absolute atomic E-state index is 0.0979. The summed E-state index contributed by atoms with van der Waals surface area (Å²) in [5.41, 5.74) is 6.82. The number of ether oxygens (including phenoxy) is 1. The van der Waals surface area contributed by atoms with Crippen molar-refractivity contribution in [2.24, 2.45) is 5.73 Å². The second-order valence-corrected chi connectivity index (χ2v) is 4.66. The van der Waals surface area contributed by atoms with Crippen LogP contribution in [-0.4, -0.2) is 17.1 Å². The number of rotatable bonds is 3. The van der Waals surface area contributed by atoms with Gasteiger partial charge in [-0.15, -0.1) is 0 Å². The Kier molecular flexibility index (Phi) is 4.45. The van der Waals surface area contributed by atoms with Crippen LogP contribution >= 0.6 is 0 Å². The molecule has 0 radical (unpaired) electrons. The summed E-state index contributed by atoms with van der Waals surface area (Å²) in [5.74, 6) is -0.323. The predicted octanol–water partition coefficient (Wildman–Crippen LogP) is 2.40. The normalized spacial score (nSPS) is 25.5. The van der Waals surface area contributed by atoms with Crippen LogP contribution < -0.4 is 5.73 Å². The highest BCUT2D eigenvalue weighted by molar-refractivity contribution is 5.08. The van der Waals surface area contributed by atoms with Crippen molar-refractivity contribution in [3.8, 4) is 0 Å². The zero-order valence-electron chi connectivity index (χ0n) is 9.94. The lowest BCUT2D eigenvalue weighted by atomic mass is 10.1. The third kappa shape index (κ3) is 3.75. The Bertz CT molecular complexity index is 359. The van der Waals surface area contributed by atoms with Crippen LogP contribution in [0.25, 0.3) is 0 Å². The molecule has 17 heavy (non-hydrogen) atoms. The molecule has 1 aromatic heterocycles. The van der Waals surface area contributed by atoms with Crippen LogP contribution in [0.4, 0.5) is 4.39 Å². The highest BCUT2D eigenvalue weighted by Gasteiger charge is 2.20. The van der Waals surface area contributed by atoms with Crippen molar-refractivity contribution in [1.29, 1.82) is 0 Å². The molecule has 94 valence electrons. The zero-order chi connectivity index (χ0) is 12.1. The molecule has 1 fully saturated rings. The van der Waals surface area contributed by atoms with Crippen LogP contribution in [0.3, 0.4) is 0 Å². The van der Waals surface area contributed by atoms with Crippen molar-refractivity contribution >= 4 is 0 Å². The molecule has 1 saturated carbocycles. The molecule has 4 heteroatoms. The lowest BCUT2D eigenvalue weighted by Crippen LogP contribution is -2.35. The lowest BCUT2D eigenvalue weighted by Gasteiger charge is -2.21. The maximum atomic E-state index is 12.9. The van der Waals surface area contributed by atoms with Gasteiger partial charge in [-0.2, -0.15) is 0 Å². The number of aromatic nitrogens is 1. The smallest absolute Gasteiger partial charge is 0.141 e. The Morgan fingerprint density at radius 2 is 2.12 bits per heavy atom. The summed E-state index contributed by atoms with van der Waals surface area (Å²) in [6, 6.07) is 1.56. The average molecular weight is 238 g/mol. The van der Waals surface area contributed by atoms with Gasteiger partial charge in [0.1, 0.15) is 5.82 Å². The maximum absolute atomic E-state index is 12.9. The molecule has 2 unspecified atom stereocenters. The van der Waals surface area contributed by atoms with Gasteiger partial charge >= 0.3 is 0 Å². The largest absolute Gasteiger partial charge is 0.372 e. The molecule has 0 amide bonds. The van der Waals surface area contributed by atoms with Gasteiger partial charge in [-0.3, -0.25) is 4.98 Å². The quantitative estimate of drug-likeness (QED) is 0.822. The summed E-state index contributed by atoms with van der Waals surface area (Å²) >= 11 is 0. The Hall–Kier alpha value is -1.00. The molecule has 0 spiro atoms. The van der Waals surface area contributed by atoms with E-state index in [9.17, 15) is 4.39 Å². The highest BCUT2D eigenvalue weighted by atomic mass is 19.1. The first-order valence-corrected chi connectivity index (χ1v) is 6.22. The molecule has 3 nitrogen and oxygen atoms in total. The van der Waals surface area contributed by atoms with E-state index in [1.54, 1.807) is 6.20 Å². The van der Waals surface area contributed by atoms with Crippen molar-refractivity contribution in [2.45, 2.75) is 50.9 Å². The first-order valence-electron chi connectivity index (χ1n) is 6.22. The molecule has 1 aliphatic rings. The fraction of sp³-hybridized carbons (Fsp3) is 0.615. The summed E-state index contributed by atoms with van der Waals surface area (Å²) in [4.78, 5) is 3.80. The summed E-state index contributed by atoms with van der Waals surface area (Å²) in [6.07, 6.45) is 8.53. The number of halogens is 1. The maximum Gasteiger partial charge on any atom is 0.141 e. The number of hydrogen-bond acceptors (Lipinski definition) is 3. The van der Waals surface area contributed by atoms with E-state index < -0.39 is 0 Å². The van der Waals surface area contributed by atoms with Gasteiger partial charge in [0.15, 0.2) is 0 Å². The van der Waals surface area contributed by atoms with E-state index in [1.807, 2.05) is 0 Å². The minimum Gasteiger partial charge on any atom is -0.372 e. The third-order valence-electron chi connectivity index (χ3n) is 3.23. The summed E-state index contributed by atoms with van der Waals surface area (Å²) < 4.78 is 18.7. The zero-order valence-corrected chi connectivity index (χ0v) is 9.94. The van der Waals surface area contributed by atoms with Crippen molar-refractivity contribution in [2.75, 3.05) is 0 Å². The Morgan fingerprint density at radius 3 is 2.94 bits per heavy atom. The van der Waals surface area contributed by atoms with Crippen LogP contribution in [-0.2, 0) is 11.3 Å². The molecule has 0 aromatic carbocycles. The average Bonchev–Trinajstić information content (AvgIpc) is 2.52. The van der Waals surface area contributed by atoms with E-state index in [-0.39, 0.29) is 18.0 Å². The second-order valence-electron chi connectivity index (χ2n) is 4.66. The monoisotopic (exact) mass is 238 g/mol. The van der Waals surface area contributed by atoms with E-state index in [2.05, 4.69) is 4.98 Å². The van der Waals surface area contributed by atoms with Gasteiger partial charge in [0.05, 0.1) is 18.9 Å². The van der Waals surface area contributed by atoms with Gasteiger partial charge < -0.3 is 10.5 Å². The van der Waals surface area contributed by atoms with Gasteiger partial charge in [-0.25, -0.2) is 4.39 Å². The van der Waals surface area contributed by atoms with Crippen LogP contribution in [0, 0.1) is 5.82 Å². The summed E-state index contributed by atoms with van der Waals surface area (Å²) in [7, 11) is 0. The van der Waals surface area contributed by atoms with Crippen LogP contribution in [0.1, 0.15) is 37.7 Å². The van der Waals surface area contributed by atoms with Gasteiger partial charge in [0.25, 0.3) is 0 Å². The highest BCUT2D eigenvalue weighted by Crippen LogP contribution is 2.20. The van der Waals surface area contributed by atoms with Crippen molar-refractivity contribution in [3.05, 3.63) is 29.8 Å². The summed E-state index contributed by atoms with van der Waals surface area (Å²) in [5, 5.41) is 0. The standard InChI is InChI=1S/C13H19FN2O/c14-11-6-10(7-16-8-11)9-17-13-5-3-1-2-4-12(13)15/h6-8,12-13H,1-5,9,15H2. The molecule has 2 N–H and O–H groups in total. The van der Waals surface area contributed by atoms with Crippen LogP contribution in [0.15, 0.2) is 18.5 Å². The Balaban J connectivity index is 1.88. The molecule has 0 aliphatic heterocycles. The first-order chi connectivity index (χ1) is 8.25.